The molecule has 0 atom stereocenters. The van der Waals surface area contributed by atoms with Crippen LogP contribution in [-0.2, 0) is 0 Å². The highest BCUT2D eigenvalue weighted by Gasteiger charge is 2.05. The highest BCUT2D eigenvalue weighted by molar-refractivity contribution is 5.95. The van der Waals surface area contributed by atoms with E-state index in [1.54, 1.807) is 0 Å². The van der Waals surface area contributed by atoms with Gasteiger partial charge in [-0.3, -0.25) is 0 Å². The second-order valence-electron chi connectivity index (χ2n) is 4.48. The first-order valence-electron chi connectivity index (χ1n) is 6.55. The molecule has 0 saturated carbocycles. The van der Waals surface area contributed by atoms with E-state index in [0.29, 0.717) is 12.4 Å². The number of aromatic nitrogens is 2. The molecule has 100 valence electrons. The molecule has 1 heterocycles. The molecule has 0 radical (unpaired) electrons. The topological polar surface area (TPSA) is 58.0 Å². The monoisotopic (exact) mass is 265 g/mol. The minimum atomic E-state index is 0.0761. The maximum absolute atomic E-state index is 8.77. The van der Waals surface area contributed by atoms with E-state index in [-0.39, 0.29) is 6.61 Å². The summed E-state index contributed by atoms with van der Waals surface area (Å²) in [6.45, 7) is 0.551. The summed E-state index contributed by atoms with van der Waals surface area (Å²) in [5, 5.41) is 22.5. The second-order valence-corrected chi connectivity index (χ2v) is 4.48. The van der Waals surface area contributed by atoms with Crippen molar-refractivity contribution in [3.05, 3.63) is 54.6 Å². The van der Waals surface area contributed by atoms with E-state index in [1.165, 1.54) is 10.8 Å². The number of anilines is 1. The lowest BCUT2D eigenvalue weighted by Gasteiger charge is -2.07. The first-order chi connectivity index (χ1) is 9.88. The molecule has 3 aromatic rings. The number of fused-ring (bicyclic) bond motifs is 1. The third kappa shape index (κ3) is 2.46. The van der Waals surface area contributed by atoms with Gasteiger partial charge in [-0.2, -0.15) is 0 Å². The average molecular weight is 265 g/mol. The molecular weight excluding hydrogens is 250 g/mol. The summed E-state index contributed by atoms with van der Waals surface area (Å²) in [6, 6.07) is 18.2. The zero-order chi connectivity index (χ0) is 13.8. The number of benzene rings is 2. The van der Waals surface area contributed by atoms with Crippen LogP contribution in [0.25, 0.3) is 22.0 Å². The summed E-state index contributed by atoms with van der Waals surface area (Å²) in [4.78, 5) is 0. The highest BCUT2D eigenvalue weighted by Crippen LogP contribution is 2.26. The first kappa shape index (κ1) is 12.6. The molecule has 0 spiro atoms. The Morgan fingerprint density at radius 3 is 2.55 bits per heavy atom. The van der Waals surface area contributed by atoms with Crippen molar-refractivity contribution in [1.82, 2.24) is 10.2 Å². The van der Waals surface area contributed by atoms with Gasteiger partial charge in [-0.15, -0.1) is 10.2 Å². The molecule has 2 N–H and O–H groups in total. The van der Waals surface area contributed by atoms with Gasteiger partial charge in [0.2, 0.25) is 0 Å². The Morgan fingerprint density at radius 1 is 0.900 bits per heavy atom. The van der Waals surface area contributed by atoms with Crippen LogP contribution in [0.3, 0.4) is 0 Å². The summed E-state index contributed by atoms with van der Waals surface area (Å²) < 4.78 is 0. The van der Waals surface area contributed by atoms with Crippen molar-refractivity contribution in [2.24, 2.45) is 0 Å². The molecule has 1 aromatic heterocycles. The maximum Gasteiger partial charge on any atom is 0.148 e. The molecule has 0 amide bonds. The third-order valence-corrected chi connectivity index (χ3v) is 3.15. The molecule has 20 heavy (non-hydrogen) atoms. The summed E-state index contributed by atoms with van der Waals surface area (Å²) in [7, 11) is 0. The van der Waals surface area contributed by atoms with Crippen LogP contribution in [0.2, 0.25) is 0 Å². The maximum atomic E-state index is 8.77. The fourth-order valence-corrected chi connectivity index (χ4v) is 2.20. The van der Waals surface area contributed by atoms with Gasteiger partial charge in [0, 0.05) is 12.1 Å². The Bertz CT molecular complexity index is 705. The Labute approximate surface area is 117 Å². The van der Waals surface area contributed by atoms with Crippen LogP contribution in [0, 0.1) is 0 Å². The van der Waals surface area contributed by atoms with Crippen LogP contribution in [0.5, 0.6) is 0 Å². The minimum absolute atomic E-state index is 0.0761. The van der Waals surface area contributed by atoms with Gasteiger partial charge >= 0.3 is 0 Å². The van der Waals surface area contributed by atoms with E-state index in [0.717, 1.165) is 11.3 Å². The van der Waals surface area contributed by atoms with Gasteiger partial charge in [0.1, 0.15) is 5.82 Å². The molecule has 4 heteroatoms. The zero-order valence-electron chi connectivity index (χ0n) is 11.0. The molecule has 0 aliphatic heterocycles. The van der Waals surface area contributed by atoms with Crippen LogP contribution >= 0.6 is 0 Å². The highest BCUT2D eigenvalue weighted by atomic mass is 16.3. The van der Waals surface area contributed by atoms with Gasteiger partial charge in [-0.05, 0) is 22.9 Å². The molecule has 0 aliphatic rings. The minimum Gasteiger partial charge on any atom is -0.395 e. The number of nitrogens with one attached hydrogen (secondary N) is 1. The lowest BCUT2D eigenvalue weighted by atomic mass is 10.0. The number of aliphatic hydroxyl groups excluding tert-OH is 1. The Morgan fingerprint density at radius 2 is 1.75 bits per heavy atom. The van der Waals surface area contributed by atoms with Crippen LogP contribution < -0.4 is 5.32 Å². The van der Waals surface area contributed by atoms with Crippen molar-refractivity contribution in [2.45, 2.75) is 0 Å². The van der Waals surface area contributed by atoms with Crippen LogP contribution in [0.4, 0.5) is 5.82 Å². The summed E-state index contributed by atoms with van der Waals surface area (Å²) in [5.74, 6) is 0.669. The van der Waals surface area contributed by atoms with Crippen molar-refractivity contribution in [3.63, 3.8) is 0 Å². The molecule has 0 unspecified atom stereocenters. The van der Waals surface area contributed by atoms with Crippen LogP contribution in [0.15, 0.2) is 54.6 Å². The summed E-state index contributed by atoms with van der Waals surface area (Å²) >= 11 is 0. The first-order valence-corrected chi connectivity index (χ1v) is 6.55. The predicted molar refractivity (Wildman–Crippen MR) is 80.5 cm³/mol. The van der Waals surface area contributed by atoms with Crippen LogP contribution in [-0.4, -0.2) is 28.5 Å². The van der Waals surface area contributed by atoms with Gasteiger partial charge in [-0.25, -0.2) is 0 Å². The number of hydrogen-bond donors (Lipinski definition) is 2. The van der Waals surface area contributed by atoms with Gasteiger partial charge in [-0.1, -0.05) is 42.5 Å². The van der Waals surface area contributed by atoms with E-state index in [1.807, 2.05) is 36.4 Å². The lowest BCUT2D eigenvalue weighted by Crippen LogP contribution is -2.07. The van der Waals surface area contributed by atoms with Crippen molar-refractivity contribution in [2.75, 3.05) is 18.5 Å². The Hall–Kier alpha value is -2.46. The van der Waals surface area contributed by atoms with Crippen molar-refractivity contribution in [1.29, 1.82) is 0 Å². The largest absolute Gasteiger partial charge is 0.395 e. The van der Waals surface area contributed by atoms with E-state index >= 15 is 0 Å². The van der Waals surface area contributed by atoms with Crippen LogP contribution in [0.1, 0.15) is 0 Å². The van der Waals surface area contributed by atoms with Crippen molar-refractivity contribution >= 4 is 16.6 Å². The fourth-order valence-electron chi connectivity index (χ4n) is 2.20. The predicted octanol–water partition coefficient (Wildman–Crippen LogP) is 2.70. The van der Waals surface area contributed by atoms with E-state index < -0.39 is 0 Å². The molecule has 0 fully saturated rings. The number of rotatable bonds is 4. The van der Waals surface area contributed by atoms with Crippen molar-refractivity contribution in [3.8, 4) is 11.3 Å². The third-order valence-electron chi connectivity index (χ3n) is 3.15. The molecule has 2 aromatic carbocycles. The van der Waals surface area contributed by atoms with E-state index in [4.69, 9.17) is 5.11 Å². The fraction of sp³-hybridized carbons (Fsp3) is 0.125. The summed E-state index contributed by atoms with van der Waals surface area (Å²) in [6.07, 6.45) is 0. The molecule has 4 nitrogen and oxygen atoms in total. The van der Waals surface area contributed by atoms with E-state index in [2.05, 4.69) is 33.7 Å². The van der Waals surface area contributed by atoms with Gasteiger partial charge in [0.25, 0.3) is 0 Å². The molecule has 0 bridgehead atoms. The smallest absolute Gasteiger partial charge is 0.148 e. The molecular formula is C16H15N3O. The number of hydrogen-bond acceptors (Lipinski definition) is 4. The standard InChI is InChI=1S/C16H15N3O/c20-11-10-17-16-9-8-15(18-19-16)14-7-3-5-12-4-1-2-6-13(12)14/h1-9,20H,10-11H2,(H,17,19). The zero-order valence-corrected chi connectivity index (χ0v) is 11.0. The molecule has 0 saturated heterocycles. The Balaban J connectivity index is 1.98. The summed E-state index contributed by atoms with van der Waals surface area (Å²) in [5.41, 5.74) is 1.92. The van der Waals surface area contributed by atoms with Gasteiger partial charge < -0.3 is 10.4 Å². The quantitative estimate of drug-likeness (QED) is 0.761. The lowest BCUT2D eigenvalue weighted by molar-refractivity contribution is 0.311. The van der Waals surface area contributed by atoms with Gasteiger partial charge in [0.15, 0.2) is 0 Å². The second kappa shape index (κ2) is 5.67. The van der Waals surface area contributed by atoms with Gasteiger partial charge in [0.05, 0.1) is 12.3 Å². The SMILES string of the molecule is OCCNc1ccc(-c2cccc3ccccc23)nn1. The average Bonchev–Trinajstić information content (AvgIpc) is 2.53. The number of aliphatic hydroxyl groups is 1. The Kier molecular flexibility index (Phi) is 3.56. The normalized spacial score (nSPS) is 10.7. The van der Waals surface area contributed by atoms with E-state index in [9.17, 15) is 0 Å². The molecule has 3 rings (SSSR count). The van der Waals surface area contributed by atoms with Crippen molar-refractivity contribution < 1.29 is 5.11 Å². The molecule has 0 aliphatic carbocycles. The number of nitrogens with zero attached hydrogens (tertiary/aromatic N) is 2.